The highest BCUT2D eigenvalue weighted by Crippen LogP contribution is 2.40. The van der Waals surface area contributed by atoms with Crippen LogP contribution >= 0.6 is 0 Å². The van der Waals surface area contributed by atoms with Crippen LogP contribution in [0.1, 0.15) is 26.3 Å². The van der Waals surface area contributed by atoms with Gasteiger partial charge in [0, 0.05) is 53.1 Å². The largest absolute Gasteiger partial charge is 0.322 e. The molecule has 0 aliphatic carbocycles. The second-order valence-electron chi connectivity index (χ2n) is 11.1. The molecule has 0 saturated heterocycles. The van der Waals surface area contributed by atoms with Crippen LogP contribution in [-0.4, -0.2) is 32.1 Å². The molecule has 0 atom stereocenters. The zero-order chi connectivity index (χ0) is 31.2. The summed E-state index contributed by atoms with van der Waals surface area (Å²) in [7, 11) is -4.08. The molecule has 0 amide bonds. The Morgan fingerprint density at radius 3 is 2.30 bits per heavy atom. The molecular formula is C33H30N6O4S. The van der Waals surface area contributed by atoms with Crippen LogP contribution in [0.2, 0.25) is 0 Å². The van der Waals surface area contributed by atoms with Crippen molar-refractivity contribution in [1.82, 2.24) is 18.7 Å². The Labute approximate surface area is 254 Å². The van der Waals surface area contributed by atoms with E-state index in [4.69, 9.17) is 10.8 Å². The molecule has 3 aromatic heterocycles. The third-order valence-corrected chi connectivity index (χ3v) is 9.29. The third-order valence-electron chi connectivity index (χ3n) is 7.57. The summed E-state index contributed by atoms with van der Waals surface area (Å²) in [6.45, 7) is 6.34. The standard InChI is InChI=1S/C33H30N6O4S/c1-4-37-21-29(31(36-37)22-13-15-25(16-14-22)39(40)41)27-17-18-35-32-28(27)20-30(23-9-8-10-24(19-23)33(2,3)34)38(32)44(42,43)26-11-6-5-7-12-26/h5-21H,4,34H2,1-3H3. The molecule has 3 aromatic carbocycles. The van der Waals surface area contributed by atoms with Crippen molar-refractivity contribution >= 4 is 26.7 Å². The van der Waals surface area contributed by atoms with Crippen LogP contribution < -0.4 is 5.73 Å². The zero-order valence-corrected chi connectivity index (χ0v) is 25.2. The van der Waals surface area contributed by atoms with Crippen molar-refractivity contribution in [2.24, 2.45) is 5.73 Å². The number of aromatic nitrogens is 4. The van der Waals surface area contributed by atoms with Crippen LogP contribution in [0.3, 0.4) is 0 Å². The van der Waals surface area contributed by atoms with Gasteiger partial charge in [-0.05, 0) is 79.9 Å². The van der Waals surface area contributed by atoms with Crippen LogP contribution in [-0.2, 0) is 22.1 Å². The summed E-state index contributed by atoms with van der Waals surface area (Å²) in [5, 5.41) is 16.6. The van der Waals surface area contributed by atoms with Gasteiger partial charge < -0.3 is 5.73 Å². The summed E-state index contributed by atoms with van der Waals surface area (Å²) in [6, 6.07) is 25.7. The van der Waals surface area contributed by atoms with E-state index in [1.165, 1.54) is 16.1 Å². The number of hydrogen-bond donors (Lipinski definition) is 1. The Bertz CT molecular complexity index is 2130. The van der Waals surface area contributed by atoms with Gasteiger partial charge in [-0.3, -0.25) is 14.8 Å². The van der Waals surface area contributed by atoms with Crippen molar-refractivity contribution in [3.8, 4) is 33.6 Å². The van der Waals surface area contributed by atoms with Gasteiger partial charge in [0.1, 0.15) is 5.69 Å². The quantitative estimate of drug-likeness (QED) is 0.152. The maximum Gasteiger partial charge on any atom is 0.269 e. The molecule has 44 heavy (non-hydrogen) atoms. The van der Waals surface area contributed by atoms with Gasteiger partial charge in [-0.15, -0.1) is 0 Å². The van der Waals surface area contributed by atoms with E-state index in [0.717, 1.165) is 16.7 Å². The number of hydrogen-bond acceptors (Lipinski definition) is 7. The summed E-state index contributed by atoms with van der Waals surface area (Å²) in [4.78, 5) is 15.5. The number of non-ortho nitro benzene ring substituents is 1. The molecule has 6 aromatic rings. The molecule has 0 aliphatic heterocycles. The highest BCUT2D eigenvalue weighted by Gasteiger charge is 2.28. The van der Waals surface area contributed by atoms with E-state index < -0.39 is 20.5 Å². The monoisotopic (exact) mass is 606 g/mol. The van der Waals surface area contributed by atoms with Crippen LogP contribution in [0.5, 0.6) is 0 Å². The summed E-state index contributed by atoms with van der Waals surface area (Å²) in [5.41, 5.74) is 10.7. The van der Waals surface area contributed by atoms with Crippen molar-refractivity contribution in [2.75, 3.05) is 0 Å². The molecule has 0 saturated carbocycles. The molecule has 3 heterocycles. The van der Waals surface area contributed by atoms with Crippen LogP contribution in [0.15, 0.2) is 108 Å². The summed E-state index contributed by atoms with van der Waals surface area (Å²) in [5.74, 6) is 0. The molecule has 11 heteroatoms. The number of rotatable bonds is 8. The fourth-order valence-corrected chi connectivity index (χ4v) is 6.77. The van der Waals surface area contributed by atoms with Crippen molar-refractivity contribution in [2.45, 2.75) is 37.8 Å². The van der Waals surface area contributed by atoms with Gasteiger partial charge in [-0.25, -0.2) is 17.4 Å². The van der Waals surface area contributed by atoms with Gasteiger partial charge >= 0.3 is 0 Å². The van der Waals surface area contributed by atoms with E-state index in [1.54, 1.807) is 53.3 Å². The highest BCUT2D eigenvalue weighted by molar-refractivity contribution is 7.90. The van der Waals surface area contributed by atoms with Gasteiger partial charge in [-0.2, -0.15) is 5.10 Å². The summed E-state index contributed by atoms with van der Waals surface area (Å²) < 4.78 is 31.6. The first-order valence-electron chi connectivity index (χ1n) is 14.0. The van der Waals surface area contributed by atoms with Gasteiger partial charge in [-0.1, -0.05) is 36.4 Å². The van der Waals surface area contributed by atoms with E-state index in [-0.39, 0.29) is 16.2 Å². The molecule has 0 unspecified atom stereocenters. The second-order valence-corrected chi connectivity index (χ2v) is 12.8. The van der Waals surface area contributed by atoms with Crippen LogP contribution in [0.25, 0.3) is 44.7 Å². The Morgan fingerprint density at radius 2 is 1.64 bits per heavy atom. The van der Waals surface area contributed by atoms with Gasteiger partial charge in [0.2, 0.25) is 0 Å². The number of nitrogens with zero attached hydrogens (tertiary/aromatic N) is 5. The van der Waals surface area contributed by atoms with Crippen LogP contribution in [0, 0.1) is 10.1 Å². The minimum atomic E-state index is -4.08. The maximum atomic E-state index is 14.3. The van der Waals surface area contributed by atoms with Crippen molar-refractivity contribution < 1.29 is 13.3 Å². The maximum absolute atomic E-state index is 14.3. The lowest BCUT2D eigenvalue weighted by atomic mass is 9.93. The minimum Gasteiger partial charge on any atom is -0.322 e. The van der Waals surface area contributed by atoms with E-state index in [9.17, 15) is 18.5 Å². The van der Waals surface area contributed by atoms with Gasteiger partial charge in [0.15, 0.2) is 5.65 Å². The molecular weight excluding hydrogens is 576 g/mol. The summed E-state index contributed by atoms with van der Waals surface area (Å²) >= 11 is 0. The number of aryl methyl sites for hydroxylation is 1. The molecule has 6 rings (SSSR count). The Balaban J connectivity index is 1.65. The average molecular weight is 607 g/mol. The Hall–Kier alpha value is -5.13. The fourth-order valence-electron chi connectivity index (χ4n) is 5.27. The number of benzene rings is 3. The highest BCUT2D eigenvalue weighted by atomic mass is 32.2. The van der Waals surface area contributed by atoms with Crippen molar-refractivity contribution in [1.29, 1.82) is 0 Å². The van der Waals surface area contributed by atoms with E-state index in [2.05, 4.69) is 4.98 Å². The minimum absolute atomic E-state index is 0.0211. The number of nitrogens with two attached hydrogens (primary N) is 1. The smallest absolute Gasteiger partial charge is 0.269 e. The van der Waals surface area contributed by atoms with E-state index >= 15 is 0 Å². The molecule has 0 radical (unpaired) electrons. The molecule has 0 spiro atoms. The zero-order valence-electron chi connectivity index (χ0n) is 24.4. The predicted molar refractivity (Wildman–Crippen MR) is 170 cm³/mol. The molecule has 0 bridgehead atoms. The van der Waals surface area contributed by atoms with Gasteiger partial charge in [0.25, 0.3) is 15.7 Å². The molecule has 0 aliphatic rings. The normalized spacial score (nSPS) is 12.1. The fraction of sp³-hybridized carbons (Fsp3) is 0.152. The molecule has 2 N–H and O–H groups in total. The Kier molecular flexibility index (Phi) is 7.14. The second kappa shape index (κ2) is 10.9. The molecule has 10 nitrogen and oxygen atoms in total. The topological polar surface area (TPSA) is 139 Å². The van der Waals surface area contributed by atoms with E-state index in [1.807, 2.05) is 63.4 Å². The van der Waals surface area contributed by atoms with E-state index in [0.29, 0.717) is 34.4 Å². The first kappa shape index (κ1) is 29.0. The van der Waals surface area contributed by atoms with Gasteiger partial charge in [0.05, 0.1) is 15.5 Å². The number of fused-ring (bicyclic) bond motifs is 1. The number of pyridine rings is 1. The average Bonchev–Trinajstić information content (AvgIpc) is 3.64. The molecule has 222 valence electrons. The summed E-state index contributed by atoms with van der Waals surface area (Å²) in [6.07, 6.45) is 3.48. The predicted octanol–water partition coefficient (Wildman–Crippen LogP) is 6.59. The third kappa shape index (κ3) is 5.06. The lowest BCUT2D eigenvalue weighted by molar-refractivity contribution is -0.384. The first-order valence-corrected chi connectivity index (χ1v) is 15.5. The first-order chi connectivity index (χ1) is 21.0. The lowest BCUT2D eigenvalue weighted by Gasteiger charge is -2.20. The van der Waals surface area contributed by atoms with Crippen molar-refractivity contribution in [3.63, 3.8) is 0 Å². The number of nitro benzene ring substituents is 1. The van der Waals surface area contributed by atoms with Crippen molar-refractivity contribution in [3.05, 3.63) is 119 Å². The number of nitro groups is 1. The van der Waals surface area contributed by atoms with Crippen LogP contribution in [0.4, 0.5) is 5.69 Å². The molecule has 0 fully saturated rings. The Morgan fingerprint density at radius 1 is 0.909 bits per heavy atom. The SMILES string of the molecule is CCn1cc(-c2ccnc3c2cc(-c2cccc(C(C)(C)N)c2)n3S(=O)(=O)c2ccccc2)c(-c2ccc([N+](=O)[O-])cc2)n1. The lowest BCUT2D eigenvalue weighted by Crippen LogP contribution is -2.28.